The molecule has 5 N–H and O–H groups in total. The Balaban J connectivity index is 0.827. The molecule has 0 spiro atoms. The second-order valence-corrected chi connectivity index (χ2v) is 17.7. The molecule has 5 aromatic rings. The van der Waals surface area contributed by atoms with E-state index in [1.807, 2.05) is 78.9 Å². The van der Waals surface area contributed by atoms with Crippen molar-refractivity contribution in [2.24, 2.45) is 5.92 Å². The van der Waals surface area contributed by atoms with Crippen LogP contribution in [-0.2, 0) is 4.74 Å². The molecule has 12 heteroatoms. The molecule has 3 saturated heterocycles. The lowest BCUT2D eigenvalue weighted by molar-refractivity contribution is -0.938. The number of aliphatic hydroxyl groups excluding tert-OH is 1. The van der Waals surface area contributed by atoms with Crippen molar-refractivity contribution in [3.63, 3.8) is 0 Å². The van der Waals surface area contributed by atoms with Crippen molar-refractivity contribution < 1.29 is 33.8 Å². The Labute approximate surface area is 366 Å². The topological polar surface area (TPSA) is 150 Å². The van der Waals surface area contributed by atoms with Crippen molar-refractivity contribution in [1.82, 2.24) is 15.6 Å². The number of rotatable bonds is 21. The first-order chi connectivity index (χ1) is 29.7. The molecule has 61 heavy (non-hydrogen) atoms. The number of ketones is 1. The summed E-state index contributed by atoms with van der Waals surface area (Å²) in [6.45, 7) is 4.72. The highest BCUT2D eigenvalue weighted by molar-refractivity contribution is 9.10. The number of aromatic hydroxyl groups is 1. The van der Waals surface area contributed by atoms with E-state index in [0.717, 1.165) is 104 Å². The molecule has 1 unspecified atom stereocenters. The number of carbonyl (C=O) groups is 2. The summed E-state index contributed by atoms with van der Waals surface area (Å²) in [5.41, 5.74) is 3.25. The van der Waals surface area contributed by atoms with E-state index in [4.69, 9.17) is 9.47 Å². The van der Waals surface area contributed by atoms with Gasteiger partial charge < -0.3 is 39.8 Å². The van der Waals surface area contributed by atoms with E-state index in [1.165, 1.54) is 12.1 Å². The van der Waals surface area contributed by atoms with Gasteiger partial charge in [-0.25, -0.2) is 4.79 Å². The summed E-state index contributed by atoms with van der Waals surface area (Å²) in [6.07, 6.45) is 7.95. The molecule has 3 aliphatic heterocycles. The van der Waals surface area contributed by atoms with E-state index >= 15 is 0 Å². The number of benzene rings is 4. The molecule has 11 nitrogen and oxygen atoms in total. The predicted molar refractivity (Wildman–Crippen MR) is 241 cm³/mol. The molecular weight excluding hydrogens is 836 g/mol. The van der Waals surface area contributed by atoms with E-state index in [0.29, 0.717) is 53.1 Å². The largest absolute Gasteiger partial charge is 0.506 e. The van der Waals surface area contributed by atoms with Crippen LogP contribution < -0.4 is 20.9 Å². The number of fused-ring (bicyclic) bond motifs is 4. The molecule has 8 rings (SSSR count). The number of aromatic nitrogens is 1. The maximum Gasteiger partial charge on any atom is 0.408 e. The molecule has 3 fully saturated rings. The minimum atomic E-state index is -0.758. The first-order valence-corrected chi connectivity index (χ1v) is 22.6. The number of ether oxygens (including phenoxy) is 2. The normalized spacial score (nSPS) is 19.3. The number of unbranched alkanes of at least 4 members (excludes halogenated alkanes) is 6. The van der Waals surface area contributed by atoms with Crippen LogP contribution >= 0.6 is 15.9 Å². The fourth-order valence-corrected chi connectivity index (χ4v) is 9.54. The number of amides is 1. The number of pyridine rings is 1. The molecule has 2 bridgehead atoms. The third-order valence-electron chi connectivity index (χ3n) is 12.4. The Hall–Kier alpha value is -5.01. The van der Waals surface area contributed by atoms with Crippen molar-refractivity contribution in [2.45, 2.75) is 76.0 Å². The van der Waals surface area contributed by atoms with Gasteiger partial charge in [0.1, 0.15) is 24.6 Å². The Bertz CT molecular complexity index is 2280. The van der Waals surface area contributed by atoms with E-state index < -0.39 is 18.2 Å². The number of hydrogen-bond donors (Lipinski definition) is 5. The van der Waals surface area contributed by atoms with Gasteiger partial charge in [0, 0.05) is 46.8 Å². The fraction of sp³-hybridized carbons (Fsp3) is 0.408. The van der Waals surface area contributed by atoms with Crippen LogP contribution in [-0.4, -0.2) is 83.5 Å². The van der Waals surface area contributed by atoms with Crippen molar-refractivity contribution >= 4 is 38.7 Å². The van der Waals surface area contributed by atoms with Crippen molar-refractivity contribution in [3.8, 4) is 11.5 Å². The van der Waals surface area contributed by atoms with Gasteiger partial charge in [0.2, 0.25) is 11.3 Å². The molecule has 0 radical (unpaired) electrons. The van der Waals surface area contributed by atoms with Crippen molar-refractivity contribution in [1.29, 1.82) is 0 Å². The highest BCUT2D eigenvalue weighted by Gasteiger charge is 2.48. The molecule has 3 aliphatic rings. The second-order valence-electron chi connectivity index (χ2n) is 16.7. The number of nitrogens with zero attached hydrogens (tertiary/aromatic N) is 1. The molecular formula is C49H58BrN4O7+. The van der Waals surface area contributed by atoms with Crippen LogP contribution in [0.25, 0.3) is 10.9 Å². The summed E-state index contributed by atoms with van der Waals surface area (Å²) in [6, 6.07) is 31.1. The number of quaternary nitrogens is 1. The zero-order valence-electron chi connectivity index (χ0n) is 34.7. The van der Waals surface area contributed by atoms with Gasteiger partial charge >= 0.3 is 6.09 Å². The zero-order valence-corrected chi connectivity index (χ0v) is 36.3. The predicted octanol–water partition coefficient (Wildman–Crippen LogP) is 8.74. The van der Waals surface area contributed by atoms with E-state index in [2.05, 4.69) is 31.5 Å². The lowest BCUT2D eigenvalue weighted by Gasteiger charge is -2.51. The third-order valence-corrected chi connectivity index (χ3v) is 12.8. The lowest BCUT2D eigenvalue weighted by atomic mass is 9.83. The Morgan fingerprint density at radius 2 is 1.54 bits per heavy atom. The van der Waals surface area contributed by atoms with Gasteiger partial charge in [-0.15, -0.1) is 0 Å². The minimum Gasteiger partial charge on any atom is -0.506 e. The number of carbonyl (C=O) groups excluding carboxylic acids is 2. The molecule has 4 aromatic carbocycles. The number of H-pyrrole nitrogens is 1. The van der Waals surface area contributed by atoms with Crippen LogP contribution in [0.3, 0.4) is 0 Å². The van der Waals surface area contributed by atoms with Crippen molar-refractivity contribution in [3.05, 3.63) is 140 Å². The lowest BCUT2D eigenvalue weighted by Crippen LogP contribution is -2.66. The molecule has 3 atom stereocenters. The van der Waals surface area contributed by atoms with Crippen LogP contribution in [0, 0.1) is 5.92 Å². The maximum atomic E-state index is 13.7. The van der Waals surface area contributed by atoms with Crippen LogP contribution in [0.1, 0.15) is 97.0 Å². The van der Waals surface area contributed by atoms with Gasteiger partial charge in [0.05, 0.1) is 37.4 Å². The third kappa shape index (κ3) is 11.9. The monoisotopic (exact) mass is 893 g/mol. The zero-order chi connectivity index (χ0) is 42.6. The van der Waals surface area contributed by atoms with Crippen LogP contribution in [0.5, 0.6) is 11.5 Å². The minimum absolute atomic E-state index is 0.0172. The van der Waals surface area contributed by atoms with Gasteiger partial charge in [0.15, 0.2) is 6.10 Å². The van der Waals surface area contributed by atoms with Gasteiger partial charge in [-0.3, -0.25) is 9.59 Å². The Morgan fingerprint density at radius 1 is 0.836 bits per heavy atom. The standard InChI is InChI=1S/C49H57BrN4O7/c50-38-28-37(29-39(30-38)60-27-13-5-3-1-2-4-12-24-51-31-43(56)40-18-20-42(55)48-41(40)19-21-46(58)52-48)47(36-16-10-7-11-17-36)53-49(59)61-45-33-54(25-22-35(45)23-26-54)32-44(57)34-14-8-6-9-15-34/h6-11,14-21,28-30,35,43,45,47,51,56H,1-5,12-13,22-27,31-33H2,(H2-,52,53,55,58,59)/p+1/t35?,43-,45-,47?,54?/m0/s1. The number of aliphatic hydroxyl groups is 1. The van der Waals surface area contributed by atoms with Crippen LogP contribution in [0.4, 0.5) is 4.79 Å². The van der Waals surface area contributed by atoms with E-state index in [-0.39, 0.29) is 23.2 Å². The number of hydrogen-bond acceptors (Lipinski definition) is 8. The summed E-state index contributed by atoms with van der Waals surface area (Å²) in [5, 5.41) is 28.0. The quantitative estimate of drug-likeness (QED) is 0.0279. The molecule has 1 amide bonds. The highest BCUT2D eigenvalue weighted by atomic mass is 79.9. The SMILES string of the molecule is O=C(NC(c1ccccc1)c1cc(Br)cc(OCCCCCCCCCNC[C@H](O)c2ccc(O)c3[nH]c(=O)ccc23)c1)O[C@H]1C[N+]2(CC(=O)c3ccccc3)CCC1CC2. The van der Waals surface area contributed by atoms with Gasteiger partial charge in [-0.05, 0) is 66.4 Å². The Morgan fingerprint density at radius 3 is 2.30 bits per heavy atom. The fourth-order valence-electron chi connectivity index (χ4n) is 9.05. The van der Waals surface area contributed by atoms with E-state index in [1.54, 1.807) is 12.1 Å². The maximum absolute atomic E-state index is 13.7. The summed E-state index contributed by atoms with van der Waals surface area (Å²) in [7, 11) is 0. The summed E-state index contributed by atoms with van der Waals surface area (Å²) in [4.78, 5) is 41.3. The average Bonchev–Trinajstić information content (AvgIpc) is 3.26. The van der Waals surface area contributed by atoms with Gasteiger partial charge in [0.25, 0.3) is 0 Å². The number of nitrogens with one attached hydrogen (secondary N) is 3. The summed E-state index contributed by atoms with van der Waals surface area (Å²) in [5.74, 6) is 1.15. The first kappa shape index (κ1) is 44.1. The second kappa shape index (κ2) is 21.2. The first-order valence-electron chi connectivity index (χ1n) is 21.8. The average molecular weight is 895 g/mol. The number of aromatic amines is 1. The number of phenolic OH excluding ortho intramolecular Hbond substituents is 1. The molecule has 1 aromatic heterocycles. The Kier molecular flexibility index (Phi) is 15.3. The van der Waals surface area contributed by atoms with E-state index in [9.17, 15) is 24.6 Å². The number of halogens is 1. The van der Waals surface area contributed by atoms with Crippen LogP contribution in [0.2, 0.25) is 0 Å². The van der Waals surface area contributed by atoms with Crippen LogP contribution in [0.15, 0.2) is 112 Å². The summed E-state index contributed by atoms with van der Waals surface area (Å²) < 4.78 is 14.0. The van der Waals surface area contributed by atoms with Gasteiger partial charge in [-0.2, -0.15) is 0 Å². The highest BCUT2D eigenvalue weighted by Crippen LogP contribution is 2.37. The molecule has 322 valence electrons. The molecule has 0 saturated carbocycles. The summed E-state index contributed by atoms with van der Waals surface area (Å²) >= 11 is 3.68. The van der Waals surface area contributed by atoms with Gasteiger partial charge in [-0.1, -0.05) is 115 Å². The number of piperidine rings is 3. The molecule has 4 heterocycles. The van der Waals surface area contributed by atoms with Crippen molar-refractivity contribution in [2.75, 3.05) is 45.9 Å². The smallest absolute Gasteiger partial charge is 0.408 e. The number of alkyl carbamates (subject to hydrolysis) is 1. The number of Topliss-reactive ketones (excluding diaryl/α,β-unsaturated/α-hetero) is 1. The number of phenols is 1. The molecule has 0 aliphatic carbocycles.